The Bertz CT molecular complexity index is 184. The standard InChI is InChI=1S/C13H27N3/c1-15(12-13-4-2-5-13)10-11-16-8-3-6-14-7-9-16/h13-14H,2-12H2,1H3. The minimum atomic E-state index is 1.01. The van der Waals surface area contributed by atoms with Crippen molar-refractivity contribution in [3.8, 4) is 0 Å². The van der Waals surface area contributed by atoms with Gasteiger partial charge in [0.15, 0.2) is 0 Å². The monoisotopic (exact) mass is 225 g/mol. The van der Waals surface area contributed by atoms with E-state index in [0.29, 0.717) is 0 Å². The fraction of sp³-hybridized carbons (Fsp3) is 1.00. The molecule has 0 amide bonds. The molecule has 0 aromatic heterocycles. The van der Waals surface area contributed by atoms with Gasteiger partial charge in [0.05, 0.1) is 0 Å². The van der Waals surface area contributed by atoms with Crippen molar-refractivity contribution in [2.24, 2.45) is 5.92 Å². The number of rotatable bonds is 5. The van der Waals surface area contributed by atoms with Crippen LogP contribution < -0.4 is 5.32 Å². The maximum atomic E-state index is 3.46. The quantitative estimate of drug-likeness (QED) is 0.753. The largest absolute Gasteiger partial charge is 0.315 e. The SMILES string of the molecule is CN(CCN1CCCNCC1)CC1CCC1. The summed E-state index contributed by atoms with van der Waals surface area (Å²) in [7, 11) is 2.29. The number of likely N-dealkylation sites (N-methyl/N-ethyl adjacent to an activating group) is 1. The summed E-state index contributed by atoms with van der Waals surface area (Å²) in [6.45, 7) is 8.72. The van der Waals surface area contributed by atoms with Crippen molar-refractivity contribution in [2.45, 2.75) is 25.7 Å². The zero-order valence-electron chi connectivity index (χ0n) is 10.7. The highest BCUT2D eigenvalue weighted by atomic mass is 15.2. The molecule has 1 saturated carbocycles. The van der Waals surface area contributed by atoms with E-state index in [1.54, 1.807) is 0 Å². The molecule has 1 saturated heterocycles. The first kappa shape index (κ1) is 12.3. The molecule has 2 rings (SSSR count). The van der Waals surface area contributed by atoms with Crippen LogP contribution in [0, 0.1) is 5.92 Å². The third-order valence-electron chi connectivity index (χ3n) is 4.03. The minimum absolute atomic E-state index is 1.01. The molecule has 1 aliphatic heterocycles. The Kier molecular flexibility index (Phi) is 5.07. The van der Waals surface area contributed by atoms with Gasteiger partial charge < -0.3 is 15.1 Å². The van der Waals surface area contributed by atoms with Gasteiger partial charge in [0, 0.05) is 32.7 Å². The average Bonchev–Trinajstić information content (AvgIpc) is 2.49. The predicted molar refractivity (Wildman–Crippen MR) is 68.8 cm³/mol. The molecular weight excluding hydrogens is 198 g/mol. The van der Waals surface area contributed by atoms with E-state index in [4.69, 9.17) is 0 Å². The molecule has 3 heteroatoms. The van der Waals surface area contributed by atoms with Crippen LogP contribution in [0.1, 0.15) is 25.7 Å². The Morgan fingerprint density at radius 3 is 2.81 bits per heavy atom. The van der Waals surface area contributed by atoms with Crippen LogP contribution in [-0.2, 0) is 0 Å². The molecule has 0 radical (unpaired) electrons. The first-order chi connectivity index (χ1) is 7.84. The average molecular weight is 225 g/mol. The lowest BCUT2D eigenvalue weighted by atomic mass is 9.85. The smallest absolute Gasteiger partial charge is 0.0110 e. The van der Waals surface area contributed by atoms with Gasteiger partial charge in [-0.05, 0) is 45.3 Å². The number of hydrogen-bond acceptors (Lipinski definition) is 3. The third-order valence-corrected chi connectivity index (χ3v) is 4.03. The lowest BCUT2D eigenvalue weighted by Gasteiger charge is -2.31. The number of hydrogen-bond donors (Lipinski definition) is 1. The highest BCUT2D eigenvalue weighted by Crippen LogP contribution is 2.26. The van der Waals surface area contributed by atoms with Crippen LogP contribution in [0.4, 0.5) is 0 Å². The molecule has 1 aliphatic carbocycles. The van der Waals surface area contributed by atoms with Crippen molar-refractivity contribution < 1.29 is 0 Å². The Balaban J connectivity index is 1.57. The Morgan fingerprint density at radius 2 is 2.06 bits per heavy atom. The van der Waals surface area contributed by atoms with E-state index in [9.17, 15) is 0 Å². The van der Waals surface area contributed by atoms with Gasteiger partial charge >= 0.3 is 0 Å². The van der Waals surface area contributed by atoms with Crippen LogP contribution in [0.25, 0.3) is 0 Å². The Morgan fingerprint density at radius 1 is 1.19 bits per heavy atom. The Hall–Kier alpha value is -0.120. The maximum absolute atomic E-state index is 3.46. The van der Waals surface area contributed by atoms with Crippen molar-refractivity contribution >= 4 is 0 Å². The van der Waals surface area contributed by atoms with Gasteiger partial charge in [-0.25, -0.2) is 0 Å². The summed E-state index contributed by atoms with van der Waals surface area (Å²) in [6, 6.07) is 0. The van der Waals surface area contributed by atoms with Gasteiger partial charge in [-0.15, -0.1) is 0 Å². The van der Waals surface area contributed by atoms with Gasteiger partial charge in [-0.2, -0.15) is 0 Å². The zero-order valence-corrected chi connectivity index (χ0v) is 10.7. The first-order valence-electron chi connectivity index (χ1n) is 6.96. The fourth-order valence-corrected chi connectivity index (χ4v) is 2.64. The summed E-state index contributed by atoms with van der Waals surface area (Å²) in [6.07, 6.45) is 5.72. The number of nitrogens with zero attached hydrogens (tertiary/aromatic N) is 2. The van der Waals surface area contributed by atoms with Gasteiger partial charge in [-0.3, -0.25) is 0 Å². The molecule has 0 unspecified atom stereocenters. The molecule has 0 aromatic rings. The molecule has 0 atom stereocenters. The van der Waals surface area contributed by atoms with Crippen LogP contribution in [0.3, 0.4) is 0 Å². The summed E-state index contributed by atoms with van der Waals surface area (Å²) in [4.78, 5) is 5.14. The van der Waals surface area contributed by atoms with Crippen LogP contribution in [0.2, 0.25) is 0 Å². The van der Waals surface area contributed by atoms with E-state index in [2.05, 4.69) is 22.2 Å². The molecule has 0 spiro atoms. The number of nitrogens with one attached hydrogen (secondary N) is 1. The molecule has 1 N–H and O–H groups in total. The van der Waals surface area contributed by atoms with E-state index < -0.39 is 0 Å². The second-order valence-electron chi connectivity index (χ2n) is 5.50. The van der Waals surface area contributed by atoms with Crippen LogP contribution in [0.5, 0.6) is 0 Å². The minimum Gasteiger partial charge on any atom is -0.315 e. The lowest BCUT2D eigenvalue weighted by Crippen LogP contribution is -2.38. The lowest BCUT2D eigenvalue weighted by molar-refractivity contribution is 0.180. The van der Waals surface area contributed by atoms with Crippen molar-refractivity contribution in [1.29, 1.82) is 0 Å². The molecule has 2 fully saturated rings. The molecule has 0 aromatic carbocycles. The van der Waals surface area contributed by atoms with Crippen molar-refractivity contribution in [3.63, 3.8) is 0 Å². The van der Waals surface area contributed by atoms with E-state index >= 15 is 0 Å². The Labute approximate surface area is 100 Å². The van der Waals surface area contributed by atoms with Crippen molar-refractivity contribution in [2.75, 3.05) is 52.9 Å². The summed E-state index contributed by atoms with van der Waals surface area (Å²) in [5, 5.41) is 3.46. The summed E-state index contributed by atoms with van der Waals surface area (Å²) in [5.41, 5.74) is 0. The molecule has 94 valence electrons. The van der Waals surface area contributed by atoms with Gasteiger partial charge in [0.25, 0.3) is 0 Å². The van der Waals surface area contributed by atoms with Gasteiger partial charge in [0.2, 0.25) is 0 Å². The summed E-state index contributed by atoms with van der Waals surface area (Å²) in [5.74, 6) is 1.01. The second-order valence-corrected chi connectivity index (χ2v) is 5.50. The first-order valence-corrected chi connectivity index (χ1v) is 6.96. The van der Waals surface area contributed by atoms with Crippen LogP contribution in [-0.4, -0.2) is 62.7 Å². The molecule has 16 heavy (non-hydrogen) atoms. The summed E-state index contributed by atoms with van der Waals surface area (Å²) < 4.78 is 0. The van der Waals surface area contributed by atoms with E-state index in [-0.39, 0.29) is 0 Å². The van der Waals surface area contributed by atoms with E-state index in [1.165, 1.54) is 71.5 Å². The summed E-state index contributed by atoms with van der Waals surface area (Å²) >= 11 is 0. The molecule has 3 nitrogen and oxygen atoms in total. The normalized spacial score (nSPS) is 24.4. The molecular formula is C13H27N3. The van der Waals surface area contributed by atoms with Crippen molar-refractivity contribution in [3.05, 3.63) is 0 Å². The molecule has 2 aliphatic rings. The zero-order chi connectivity index (χ0) is 11.2. The van der Waals surface area contributed by atoms with Gasteiger partial charge in [0.1, 0.15) is 0 Å². The highest BCUT2D eigenvalue weighted by molar-refractivity contribution is 4.73. The van der Waals surface area contributed by atoms with E-state index in [1.807, 2.05) is 0 Å². The fourth-order valence-electron chi connectivity index (χ4n) is 2.64. The van der Waals surface area contributed by atoms with Crippen LogP contribution >= 0.6 is 0 Å². The second kappa shape index (κ2) is 6.58. The predicted octanol–water partition coefficient (Wildman–Crippen LogP) is 1.01. The van der Waals surface area contributed by atoms with E-state index in [0.717, 1.165) is 5.92 Å². The van der Waals surface area contributed by atoms with Gasteiger partial charge in [-0.1, -0.05) is 6.42 Å². The molecule has 0 bridgehead atoms. The maximum Gasteiger partial charge on any atom is 0.0110 e. The van der Waals surface area contributed by atoms with Crippen molar-refractivity contribution in [1.82, 2.24) is 15.1 Å². The third kappa shape index (κ3) is 4.04. The molecule has 1 heterocycles. The topological polar surface area (TPSA) is 18.5 Å². The van der Waals surface area contributed by atoms with Crippen LogP contribution in [0.15, 0.2) is 0 Å². The highest BCUT2D eigenvalue weighted by Gasteiger charge is 2.19.